The number of carbonyl (C=O) groups is 1. The van der Waals surface area contributed by atoms with Crippen molar-refractivity contribution in [1.29, 1.82) is 0 Å². The van der Waals surface area contributed by atoms with Crippen molar-refractivity contribution in [1.82, 2.24) is 15.5 Å². The summed E-state index contributed by atoms with van der Waals surface area (Å²) in [6.45, 7) is 3.36. The molecule has 0 spiro atoms. The van der Waals surface area contributed by atoms with Crippen LogP contribution in [-0.2, 0) is 11.2 Å². The molecule has 6 nitrogen and oxygen atoms in total. The lowest BCUT2D eigenvalue weighted by molar-refractivity contribution is -0.198. The Morgan fingerprint density at radius 3 is 2.73 bits per heavy atom. The molecule has 3 rings (SSSR count). The summed E-state index contributed by atoms with van der Waals surface area (Å²) in [6.07, 6.45) is -3.73. The van der Waals surface area contributed by atoms with Crippen LogP contribution in [0, 0.1) is 11.7 Å². The summed E-state index contributed by atoms with van der Waals surface area (Å²) in [6, 6.07) is 3.81. The Morgan fingerprint density at radius 1 is 1.33 bits per heavy atom. The van der Waals surface area contributed by atoms with Gasteiger partial charge in [-0.15, -0.1) is 10.2 Å². The molecular formula is C19H18ClF4N3O3. The third-order valence-electron chi connectivity index (χ3n) is 4.65. The molecule has 11 heteroatoms. The van der Waals surface area contributed by atoms with Gasteiger partial charge in [-0.05, 0) is 31.4 Å². The van der Waals surface area contributed by atoms with Gasteiger partial charge in [-0.25, -0.2) is 4.39 Å². The van der Waals surface area contributed by atoms with Crippen LogP contribution >= 0.6 is 11.6 Å². The van der Waals surface area contributed by atoms with Crippen LogP contribution in [0.3, 0.4) is 0 Å². The summed E-state index contributed by atoms with van der Waals surface area (Å²) in [4.78, 5) is 11.9. The molecule has 162 valence electrons. The number of halogens is 5. The molecule has 0 aliphatic heterocycles. The highest BCUT2D eigenvalue weighted by Crippen LogP contribution is 2.49. The molecule has 1 N–H and O–H groups in total. The average molecular weight is 448 g/mol. The summed E-state index contributed by atoms with van der Waals surface area (Å²) in [5, 5.41) is 10.1. The summed E-state index contributed by atoms with van der Waals surface area (Å²) in [5.41, 5.74) is 0.367. The molecule has 1 aromatic carbocycles. The fourth-order valence-electron chi connectivity index (χ4n) is 2.89. The Balaban J connectivity index is 1.38. The van der Waals surface area contributed by atoms with Crippen LogP contribution in [0.25, 0.3) is 0 Å². The molecule has 0 bridgehead atoms. The molecule has 1 amide bonds. The van der Waals surface area contributed by atoms with E-state index in [4.69, 9.17) is 20.8 Å². The monoisotopic (exact) mass is 447 g/mol. The lowest BCUT2D eigenvalue weighted by atomic mass is 9.74. The molecule has 30 heavy (non-hydrogen) atoms. The Morgan fingerprint density at radius 2 is 2.07 bits per heavy atom. The molecule has 0 atom stereocenters. The van der Waals surface area contributed by atoms with Gasteiger partial charge in [-0.3, -0.25) is 4.79 Å². The van der Waals surface area contributed by atoms with Crippen LogP contribution in [0.1, 0.15) is 37.0 Å². The van der Waals surface area contributed by atoms with E-state index in [1.54, 1.807) is 0 Å². The van der Waals surface area contributed by atoms with E-state index in [1.807, 2.05) is 0 Å². The average Bonchev–Trinajstić information content (AvgIpc) is 3.07. The predicted molar refractivity (Wildman–Crippen MR) is 98.3 cm³/mol. The first kappa shape index (κ1) is 22.1. The number of benzene rings is 1. The summed E-state index contributed by atoms with van der Waals surface area (Å²) in [5.74, 6) is -2.25. The highest BCUT2D eigenvalue weighted by atomic mass is 35.5. The standard InChI is InChI=1S/C19H18ClF4N3O3/c1-10(25-16(28)9-29-13-3-4-14(20)15(21)8-13)2-5-17-26-27-18(30-17)11-6-12(7-11)19(22,23)24/h3-4,8,11-12H,1-2,5-7,9H2,(H,25,28)/t11-,12-. The Labute approximate surface area is 174 Å². The smallest absolute Gasteiger partial charge is 0.391 e. The lowest BCUT2D eigenvalue weighted by Gasteiger charge is -2.34. The summed E-state index contributed by atoms with van der Waals surface area (Å²) < 4.78 is 61.6. The van der Waals surface area contributed by atoms with Crippen molar-refractivity contribution in [2.24, 2.45) is 5.92 Å². The number of carbonyl (C=O) groups excluding carboxylic acids is 1. The zero-order valence-corrected chi connectivity index (χ0v) is 16.4. The minimum atomic E-state index is -4.19. The number of rotatable bonds is 8. The van der Waals surface area contributed by atoms with Crippen molar-refractivity contribution in [3.8, 4) is 5.75 Å². The number of allylic oxidation sites excluding steroid dienone is 1. The highest BCUT2D eigenvalue weighted by molar-refractivity contribution is 6.30. The largest absolute Gasteiger partial charge is 0.484 e. The zero-order chi connectivity index (χ0) is 21.9. The van der Waals surface area contributed by atoms with E-state index < -0.39 is 23.8 Å². The molecule has 0 saturated heterocycles. The van der Waals surface area contributed by atoms with Crippen LogP contribution in [-0.4, -0.2) is 28.9 Å². The second kappa shape index (κ2) is 9.03. The van der Waals surface area contributed by atoms with Crippen LogP contribution in [0.4, 0.5) is 17.6 Å². The van der Waals surface area contributed by atoms with Gasteiger partial charge in [-0.2, -0.15) is 13.2 Å². The highest BCUT2D eigenvalue weighted by Gasteiger charge is 2.49. The Hall–Kier alpha value is -2.62. The minimum absolute atomic E-state index is 0.0502. The van der Waals surface area contributed by atoms with Gasteiger partial charge >= 0.3 is 6.18 Å². The van der Waals surface area contributed by atoms with E-state index in [0.717, 1.165) is 6.07 Å². The SMILES string of the molecule is C=C(CCc1nnc([C@H]2C[C@H](C(F)(F)F)C2)o1)NC(=O)COc1ccc(Cl)c(F)c1. The third-order valence-corrected chi connectivity index (χ3v) is 4.96. The minimum Gasteiger partial charge on any atom is -0.484 e. The fraction of sp³-hybridized carbons (Fsp3) is 0.421. The van der Waals surface area contributed by atoms with E-state index in [0.29, 0.717) is 12.1 Å². The molecule has 1 heterocycles. The first-order valence-electron chi connectivity index (χ1n) is 9.06. The Kier molecular flexibility index (Phi) is 6.64. The number of hydrogen-bond donors (Lipinski definition) is 1. The number of alkyl halides is 3. The summed E-state index contributed by atoms with van der Waals surface area (Å²) >= 11 is 5.57. The van der Waals surface area contributed by atoms with Gasteiger partial charge in [0.05, 0.1) is 10.9 Å². The molecule has 0 radical (unpaired) electrons. The van der Waals surface area contributed by atoms with Gasteiger partial charge in [-0.1, -0.05) is 18.2 Å². The molecule has 1 fully saturated rings. The van der Waals surface area contributed by atoms with E-state index in [-0.39, 0.29) is 54.3 Å². The first-order valence-corrected chi connectivity index (χ1v) is 9.44. The van der Waals surface area contributed by atoms with Crippen molar-refractivity contribution in [3.63, 3.8) is 0 Å². The predicted octanol–water partition coefficient (Wildman–Crippen LogP) is 4.56. The van der Waals surface area contributed by atoms with Crippen molar-refractivity contribution in [2.75, 3.05) is 6.61 Å². The topological polar surface area (TPSA) is 77.3 Å². The van der Waals surface area contributed by atoms with E-state index in [2.05, 4.69) is 22.1 Å². The van der Waals surface area contributed by atoms with Crippen molar-refractivity contribution >= 4 is 17.5 Å². The van der Waals surface area contributed by atoms with Gasteiger partial charge in [0, 0.05) is 24.1 Å². The maximum atomic E-state index is 13.3. The lowest BCUT2D eigenvalue weighted by Crippen LogP contribution is -2.34. The van der Waals surface area contributed by atoms with Gasteiger partial charge in [0.2, 0.25) is 11.8 Å². The molecule has 1 aliphatic rings. The van der Waals surface area contributed by atoms with E-state index in [9.17, 15) is 22.4 Å². The maximum Gasteiger partial charge on any atom is 0.391 e. The van der Waals surface area contributed by atoms with Gasteiger partial charge < -0.3 is 14.5 Å². The maximum absolute atomic E-state index is 13.3. The number of ether oxygens (including phenoxy) is 1. The third kappa shape index (κ3) is 5.71. The molecule has 1 aromatic heterocycles. The number of hydrogen-bond acceptors (Lipinski definition) is 5. The molecule has 1 saturated carbocycles. The van der Waals surface area contributed by atoms with Crippen LogP contribution in [0.5, 0.6) is 5.75 Å². The molecule has 1 aliphatic carbocycles. The number of aryl methyl sites for hydroxylation is 1. The zero-order valence-electron chi connectivity index (χ0n) is 15.6. The Bertz CT molecular complexity index is 926. The second-order valence-electron chi connectivity index (χ2n) is 6.96. The summed E-state index contributed by atoms with van der Waals surface area (Å²) in [7, 11) is 0. The van der Waals surface area contributed by atoms with Crippen molar-refractivity contribution in [2.45, 2.75) is 37.8 Å². The van der Waals surface area contributed by atoms with Gasteiger partial charge in [0.15, 0.2) is 6.61 Å². The second-order valence-corrected chi connectivity index (χ2v) is 7.36. The number of nitrogens with zero attached hydrogens (tertiary/aromatic N) is 2. The quantitative estimate of drug-likeness (QED) is 0.600. The number of aromatic nitrogens is 2. The van der Waals surface area contributed by atoms with Gasteiger partial charge in [0.25, 0.3) is 5.91 Å². The fourth-order valence-corrected chi connectivity index (χ4v) is 3.01. The van der Waals surface area contributed by atoms with E-state index in [1.165, 1.54) is 12.1 Å². The first-order chi connectivity index (χ1) is 14.1. The van der Waals surface area contributed by atoms with Crippen LogP contribution < -0.4 is 10.1 Å². The molecular weight excluding hydrogens is 430 g/mol. The van der Waals surface area contributed by atoms with Crippen LogP contribution in [0.15, 0.2) is 34.9 Å². The number of nitrogens with one attached hydrogen (secondary N) is 1. The number of amides is 1. The van der Waals surface area contributed by atoms with E-state index >= 15 is 0 Å². The molecule has 0 unspecified atom stereocenters. The molecule has 2 aromatic rings. The van der Waals surface area contributed by atoms with Gasteiger partial charge in [0.1, 0.15) is 11.6 Å². The normalized spacial score (nSPS) is 18.6. The van der Waals surface area contributed by atoms with Crippen molar-refractivity contribution in [3.05, 3.63) is 53.1 Å². The van der Waals surface area contributed by atoms with Crippen LogP contribution in [0.2, 0.25) is 5.02 Å². The van der Waals surface area contributed by atoms with Crippen molar-refractivity contribution < 1.29 is 31.5 Å².